The van der Waals surface area contributed by atoms with Crippen LogP contribution in [0.4, 0.5) is 13.2 Å². The number of piperidine rings is 1. The van der Waals surface area contributed by atoms with E-state index < -0.39 is 12.3 Å². The van der Waals surface area contributed by atoms with Gasteiger partial charge in [-0.2, -0.15) is 0 Å². The number of ether oxygens (including phenoxy) is 1. The van der Waals surface area contributed by atoms with E-state index in [2.05, 4.69) is 10.1 Å². The number of hydrogen-bond acceptors (Lipinski definition) is 4. The van der Waals surface area contributed by atoms with E-state index >= 15 is 0 Å². The second-order valence-corrected chi connectivity index (χ2v) is 5.56. The summed E-state index contributed by atoms with van der Waals surface area (Å²) in [4.78, 5) is 24.9. The zero-order valence-corrected chi connectivity index (χ0v) is 12.8. The third-order valence-corrected chi connectivity index (χ3v) is 3.65. The number of nitrogens with one attached hydrogen (secondary N) is 1. The van der Waals surface area contributed by atoms with Gasteiger partial charge >= 0.3 is 6.36 Å². The Bertz CT molecular complexity index is 582. The minimum Gasteiger partial charge on any atom is -0.406 e. The molecule has 132 valence electrons. The molecule has 0 aromatic heterocycles. The molecule has 0 saturated carbocycles. The van der Waals surface area contributed by atoms with Crippen molar-refractivity contribution in [3.05, 3.63) is 29.8 Å². The molecule has 1 aromatic rings. The third kappa shape index (κ3) is 5.73. The van der Waals surface area contributed by atoms with Gasteiger partial charge in [0.05, 0.1) is 6.54 Å². The molecule has 1 aliphatic heterocycles. The summed E-state index contributed by atoms with van der Waals surface area (Å²) >= 11 is 0. The van der Waals surface area contributed by atoms with Crippen LogP contribution in [0, 0.1) is 0 Å². The predicted molar refractivity (Wildman–Crippen MR) is 79.2 cm³/mol. The summed E-state index contributed by atoms with van der Waals surface area (Å²) in [5.41, 5.74) is 5.39. The molecule has 2 rings (SSSR count). The van der Waals surface area contributed by atoms with Crippen molar-refractivity contribution >= 4 is 11.8 Å². The monoisotopic (exact) mass is 345 g/mol. The van der Waals surface area contributed by atoms with Crippen LogP contribution in [0.1, 0.15) is 23.2 Å². The van der Waals surface area contributed by atoms with Crippen LogP contribution >= 0.6 is 0 Å². The van der Waals surface area contributed by atoms with E-state index in [1.807, 2.05) is 4.90 Å². The minimum absolute atomic E-state index is 0.0484. The molecule has 1 aliphatic rings. The Labute approximate surface area is 136 Å². The molecular weight excluding hydrogens is 327 g/mol. The Morgan fingerprint density at radius 3 is 2.29 bits per heavy atom. The smallest absolute Gasteiger partial charge is 0.406 e. The molecule has 1 aromatic carbocycles. The molecule has 24 heavy (non-hydrogen) atoms. The number of nitrogens with two attached hydrogens (primary N) is 1. The van der Waals surface area contributed by atoms with Crippen LogP contribution in [0.3, 0.4) is 0 Å². The molecule has 0 radical (unpaired) electrons. The molecule has 9 heteroatoms. The van der Waals surface area contributed by atoms with Crippen molar-refractivity contribution in [2.24, 2.45) is 5.73 Å². The van der Waals surface area contributed by atoms with Crippen LogP contribution in [0.25, 0.3) is 0 Å². The normalized spacial score (nSPS) is 16.6. The highest BCUT2D eigenvalue weighted by Gasteiger charge is 2.31. The Morgan fingerprint density at radius 1 is 1.21 bits per heavy atom. The van der Waals surface area contributed by atoms with Crippen molar-refractivity contribution < 1.29 is 27.5 Å². The topological polar surface area (TPSA) is 84.7 Å². The first-order valence-electron chi connectivity index (χ1n) is 7.40. The number of primary amides is 1. The van der Waals surface area contributed by atoms with Gasteiger partial charge in [-0.1, -0.05) is 0 Å². The van der Waals surface area contributed by atoms with E-state index in [9.17, 15) is 22.8 Å². The lowest BCUT2D eigenvalue weighted by molar-refractivity contribution is -0.274. The van der Waals surface area contributed by atoms with Crippen molar-refractivity contribution in [3.63, 3.8) is 0 Å². The molecule has 0 spiro atoms. The van der Waals surface area contributed by atoms with Gasteiger partial charge in [0.1, 0.15) is 5.75 Å². The van der Waals surface area contributed by atoms with E-state index in [4.69, 9.17) is 5.73 Å². The van der Waals surface area contributed by atoms with Gasteiger partial charge in [-0.3, -0.25) is 14.5 Å². The number of rotatable bonds is 5. The van der Waals surface area contributed by atoms with Gasteiger partial charge < -0.3 is 15.8 Å². The van der Waals surface area contributed by atoms with Crippen LogP contribution in [0.15, 0.2) is 24.3 Å². The third-order valence-electron chi connectivity index (χ3n) is 3.65. The second-order valence-electron chi connectivity index (χ2n) is 5.56. The van der Waals surface area contributed by atoms with E-state index in [1.165, 1.54) is 12.1 Å². The molecular formula is C15H18F3N3O3. The molecule has 0 unspecified atom stereocenters. The lowest BCUT2D eigenvalue weighted by Gasteiger charge is -2.31. The lowest BCUT2D eigenvalue weighted by Crippen LogP contribution is -2.46. The first-order chi connectivity index (χ1) is 11.2. The van der Waals surface area contributed by atoms with Crippen LogP contribution in [-0.2, 0) is 4.79 Å². The van der Waals surface area contributed by atoms with Gasteiger partial charge in [-0.15, -0.1) is 13.2 Å². The van der Waals surface area contributed by atoms with E-state index in [0.29, 0.717) is 25.9 Å². The summed E-state index contributed by atoms with van der Waals surface area (Å²) in [6.07, 6.45) is -3.41. The standard InChI is InChI=1S/C15H18F3N3O3/c16-15(17,18)24-12-3-1-10(2-4-12)14(23)20-11-5-7-21(8-6-11)9-13(19)22/h1-4,11H,5-9H2,(H2,19,22)(H,20,23). The highest BCUT2D eigenvalue weighted by molar-refractivity contribution is 5.94. The number of benzene rings is 1. The number of nitrogens with zero attached hydrogens (tertiary/aromatic N) is 1. The SMILES string of the molecule is NC(=O)CN1CCC(NC(=O)c2ccc(OC(F)(F)F)cc2)CC1. The fourth-order valence-electron chi connectivity index (χ4n) is 2.53. The summed E-state index contributed by atoms with van der Waals surface area (Å²) < 4.78 is 40.0. The second kappa shape index (κ2) is 7.52. The van der Waals surface area contributed by atoms with Gasteiger partial charge in [0.25, 0.3) is 5.91 Å². The van der Waals surface area contributed by atoms with Gasteiger partial charge in [0.2, 0.25) is 5.91 Å². The van der Waals surface area contributed by atoms with Crippen LogP contribution < -0.4 is 15.8 Å². The minimum atomic E-state index is -4.76. The maximum absolute atomic E-state index is 12.1. The van der Waals surface area contributed by atoms with Gasteiger partial charge in [-0.05, 0) is 37.1 Å². The number of alkyl halides is 3. The molecule has 0 bridgehead atoms. The maximum Gasteiger partial charge on any atom is 0.573 e. The number of halogens is 3. The highest BCUT2D eigenvalue weighted by atomic mass is 19.4. The zero-order valence-electron chi connectivity index (χ0n) is 12.8. The van der Waals surface area contributed by atoms with Crippen LogP contribution in [-0.4, -0.2) is 48.8 Å². The van der Waals surface area contributed by atoms with E-state index in [0.717, 1.165) is 12.1 Å². The Hall–Kier alpha value is -2.29. The van der Waals surface area contributed by atoms with Gasteiger partial charge in [0, 0.05) is 24.7 Å². The molecule has 2 amide bonds. The lowest BCUT2D eigenvalue weighted by atomic mass is 10.0. The molecule has 1 fully saturated rings. The van der Waals surface area contributed by atoms with Crippen LogP contribution in [0.5, 0.6) is 5.75 Å². The Kier molecular flexibility index (Phi) is 5.66. The fraction of sp³-hybridized carbons (Fsp3) is 0.467. The number of likely N-dealkylation sites (tertiary alicyclic amines) is 1. The molecule has 1 saturated heterocycles. The predicted octanol–water partition coefficient (Wildman–Crippen LogP) is 1.26. The summed E-state index contributed by atoms with van der Waals surface area (Å²) in [5.74, 6) is -1.13. The average Bonchev–Trinajstić information content (AvgIpc) is 2.48. The Morgan fingerprint density at radius 2 is 1.79 bits per heavy atom. The van der Waals surface area contributed by atoms with Crippen LogP contribution in [0.2, 0.25) is 0 Å². The number of carbonyl (C=O) groups excluding carboxylic acids is 2. The molecule has 3 N–H and O–H groups in total. The summed E-state index contributed by atoms with van der Waals surface area (Å²) in [7, 11) is 0. The zero-order chi connectivity index (χ0) is 17.7. The Balaban J connectivity index is 1.84. The van der Waals surface area contributed by atoms with Gasteiger partial charge in [0.15, 0.2) is 0 Å². The number of amides is 2. The molecule has 0 aliphatic carbocycles. The fourth-order valence-corrected chi connectivity index (χ4v) is 2.53. The van der Waals surface area contributed by atoms with Gasteiger partial charge in [-0.25, -0.2) is 0 Å². The van der Waals surface area contributed by atoms with Crippen molar-refractivity contribution in [3.8, 4) is 5.75 Å². The summed E-state index contributed by atoms with van der Waals surface area (Å²) in [5, 5.41) is 2.83. The van der Waals surface area contributed by atoms with Crippen molar-refractivity contribution in [2.45, 2.75) is 25.2 Å². The largest absolute Gasteiger partial charge is 0.573 e. The number of hydrogen-bond donors (Lipinski definition) is 2. The summed E-state index contributed by atoms with van der Waals surface area (Å²) in [6, 6.07) is 4.69. The highest BCUT2D eigenvalue weighted by Crippen LogP contribution is 2.22. The maximum atomic E-state index is 12.1. The molecule has 0 atom stereocenters. The summed E-state index contributed by atoms with van der Waals surface area (Å²) in [6.45, 7) is 1.49. The first-order valence-corrected chi connectivity index (χ1v) is 7.40. The van der Waals surface area contributed by atoms with Crippen molar-refractivity contribution in [1.29, 1.82) is 0 Å². The van der Waals surface area contributed by atoms with Crippen molar-refractivity contribution in [1.82, 2.24) is 10.2 Å². The molecule has 6 nitrogen and oxygen atoms in total. The van der Waals surface area contributed by atoms with E-state index in [-0.39, 0.29) is 29.8 Å². The average molecular weight is 345 g/mol. The number of carbonyl (C=O) groups is 2. The quantitative estimate of drug-likeness (QED) is 0.842. The first kappa shape index (κ1) is 18.1. The van der Waals surface area contributed by atoms with Crippen molar-refractivity contribution in [2.75, 3.05) is 19.6 Å². The molecule has 1 heterocycles. The van der Waals surface area contributed by atoms with E-state index in [1.54, 1.807) is 0 Å².